The Hall–Kier alpha value is -0.160. The summed E-state index contributed by atoms with van der Waals surface area (Å²) < 4.78 is 11.3. The first-order valence-corrected chi connectivity index (χ1v) is 7.86. The molecule has 0 saturated carbocycles. The van der Waals surface area contributed by atoms with Crippen LogP contribution < -0.4 is 0 Å². The van der Waals surface area contributed by atoms with E-state index in [0.717, 1.165) is 58.4 Å². The Balaban J connectivity index is 2.12. The molecule has 0 radical (unpaired) electrons. The molecule has 0 bridgehead atoms. The maximum atomic E-state index is 9.96. The van der Waals surface area contributed by atoms with Crippen molar-refractivity contribution < 1.29 is 14.6 Å². The Labute approximate surface area is 118 Å². The van der Waals surface area contributed by atoms with Gasteiger partial charge in [0.1, 0.15) is 0 Å². The van der Waals surface area contributed by atoms with Crippen molar-refractivity contribution in [3.8, 4) is 0 Å². The fraction of sp³-hybridized carbons (Fsp3) is 1.00. The average molecular weight is 273 g/mol. The van der Waals surface area contributed by atoms with E-state index >= 15 is 0 Å². The van der Waals surface area contributed by atoms with Gasteiger partial charge in [-0.3, -0.25) is 4.90 Å². The fourth-order valence-corrected chi connectivity index (χ4v) is 2.42. The number of likely N-dealkylation sites (tertiary alicyclic amines) is 1. The first-order valence-electron chi connectivity index (χ1n) is 7.86. The lowest BCUT2D eigenvalue weighted by atomic mass is 10.1. The minimum atomic E-state index is -0.373. The highest BCUT2D eigenvalue weighted by Gasteiger charge is 2.21. The van der Waals surface area contributed by atoms with Crippen molar-refractivity contribution in [3.63, 3.8) is 0 Å². The number of aliphatic hydroxyl groups excluding tert-OH is 1. The van der Waals surface area contributed by atoms with Crippen LogP contribution in [-0.2, 0) is 9.47 Å². The van der Waals surface area contributed by atoms with Gasteiger partial charge in [0, 0.05) is 26.3 Å². The van der Waals surface area contributed by atoms with Crippen LogP contribution in [0.4, 0.5) is 0 Å². The largest absolute Gasteiger partial charge is 0.389 e. The topological polar surface area (TPSA) is 41.9 Å². The van der Waals surface area contributed by atoms with Crippen molar-refractivity contribution in [3.05, 3.63) is 0 Å². The van der Waals surface area contributed by atoms with Gasteiger partial charge in [-0.1, -0.05) is 20.3 Å². The summed E-state index contributed by atoms with van der Waals surface area (Å²) in [6.45, 7) is 9.07. The molecule has 114 valence electrons. The van der Waals surface area contributed by atoms with E-state index in [1.54, 1.807) is 0 Å². The van der Waals surface area contributed by atoms with Crippen molar-refractivity contribution in [2.24, 2.45) is 0 Å². The van der Waals surface area contributed by atoms with Crippen molar-refractivity contribution in [1.82, 2.24) is 4.90 Å². The molecule has 1 fully saturated rings. The highest BCUT2D eigenvalue weighted by molar-refractivity contribution is 4.75. The van der Waals surface area contributed by atoms with Crippen LogP contribution in [-0.4, -0.2) is 61.7 Å². The summed E-state index contributed by atoms with van der Waals surface area (Å²) in [5.74, 6) is 0. The maximum absolute atomic E-state index is 9.96. The third kappa shape index (κ3) is 7.88. The number of ether oxygens (including phenoxy) is 2. The normalized spacial score (nSPS) is 22.6. The number of hydrogen-bond acceptors (Lipinski definition) is 4. The molecule has 4 nitrogen and oxygen atoms in total. The summed E-state index contributed by atoms with van der Waals surface area (Å²) in [7, 11) is 0. The molecule has 1 N–H and O–H groups in total. The molecular formula is C15H31NO3. The van der Waals surface area contributed by atoms with Crippen LogP contribution in [0.5, 0.6) is 0 Å². The van der Waals surface area contributed by atoms with Gasteiger partial charge in [-0.05, 0) is 32.2 Å². The number of piperidine rings is 1. The van der Waals surface area contributed by atoms with Crippen LogP contribution in [0.1, 0.15) is 46.0 Å². The number of hydrogen-bond donors (Lipinski definition) is 1. The summed E-state index contributed by atoms with van der Waals surface area (Å²) in [6.07, 6.45) is 5.58. The molecule has 1 rings (SSSR count). The van der Waals surface area contributed by atoms with Gasteiger partial charge >= 0.3 is 0 Å². The molecule has 0 amide bonds. The number of rotatable bonds is 10. The zero-order chi connectivity index (χ0) is 13.9. The lowest BCUT2D eigenvalue weighted by Gasteiger charge is -2.33. The van der Waals surface area contributed by atoms with Gasteiger partial charge in [0.2, 0.25) is 0 Å². The van der Waals surface area contributed by atoms with E-state index in [1.165, 1.54) is 0 Å². The standard InChI is InChI=1S/C15H31NO3/c1-3-5-10-18-13-14(17)11-16-8-6-7-15(12-16)19-9-4-2/h14-15,17H,3-13H2,1-2H3. The zero-order valence-corrected chi connectivity index (χ0v) is 12.6. The second-order valence-corrected chi connectivity index (χ2v) is 5.48. The van der Waals surface area contributed by atoms with Crippen LogP contribution in [0.25, 0.3) is 0 Å². The van der Waals surface area contributed by atoms with Crippen LogP contribution in [0.3, 0.4) is 0 Å². The monoisotopic (exact) mass is 273 g/mol. The van der Waals surface area contributed by atoms with E-state index in [2.05, 4.69) is 18.7 Å². The van der Waals surface area contributed by atoms with Gasteiger partial charge < -0.3 is 14.6 Å². The molecule has 0 aliphatic carbocycles. The molecule has 0 aromatic carbocycles. The molecule has 4 heteroatoms. The highest BCUT2D eigenvalue weighted by Crippen LogP contribution is 2.13. The smallest absolute Gasteiger partial charge is 0.0900 e. The molecule has 0 aromatic heterocycles. The summed E-state index contributed by atoms with van der Waals surface area (Å²) in [5, 5.41) is 9.96. The summed E-state index contributed by atoms with van der Waals surface area (Å²) in [6, 6.07) is 0. The Bertz CT molecular complexity index is 214. The SMILES string of the molecule is CCCCOCC(O)CN1CCCC(OCCC)C1. The lowest BCUT2D eigenvalue weighted by Crippen LogP contribution is -2.44. The molecule has 0 spiro atoms. The van der Waals surface area contributed by atoms with Crippen LogP contribution in [0, 0.1) is 0 Å². The molecule has 1 aliphatic rings. The Morgan fingerprint density at radius 1 is 1.26 bits per heavy atom. The van der Waals surface area contributed by atoms with Crippen LogP contribution in [0.15, 0.2) is 0 Å². The van der Waals surface area contributed by atoms with Gasteiger partial charge in [-0.2, -0.15) is 0 Å². The van der Waals surface area contributed by atoms with E-state index in [0.29, 0.717) is 19.3 Å². The van der Waals surface area contributed by atoms with E-state index in [-0.39, 0.29) is 6.10 Å². The molecule has 1 saturated heterocycles. The van der Waals surface area contributed by atoms with Crippen LogP contribution >= 0.6 is 0 Å². The average Bonchev–Trinajstić information content (AvgIpc) is 2.42. The van der Waals surface area contributed by atoms with E-state index in [1.807, 2.05) is 0 Å². The number of β-amino-alcohol motifs (C(OH)–C–C–N with tert-alkyl or cyclic N) is 1. The second kappa shape index (κ2) is 10.6. The highest BCUT2D eigenvalue weighted by atomic mass is 16.5. The van der Waals surface area contributed by atoms with Crippen LogP contribution in [0.2, 0.25) is 0 Å². The van der Waals surface area contributed by atoms with E-state index < -0.39 is 0 Å². The minimum absolute atomic E-state index is 0.349. The third-order valence-electron chi connectivity index (χ3n) is 3.44. The van der Waals surface area contributed by atoms with Gasteiger partial charge in [0.15, 0.2) is 0 Å². The minimum Gasteiger partial charge on any atom is -0.389 e. The predicted octanol–water partition coefficient (Wildman–Crippen LogP) is 2.05. The van der Waals surface area contributed by atoms with Gasteiger partial charge in [-0.15, -0.1) is 0 Å². The van der Waals surface area contributed by atoms with Gasteiger partial charge in [0.25, 0.3) is 0 Å². The van der Waals surface area contributed by atoms with Crippen molar-refractivity contribution >= 4 is 0 Å². The summed E-state index contributed by atoms with van der Waals surface area (Å²) >= 11 is 0. The summed E-state index contributed by atoms with van der Waals surface area (Å²) in [5.41, 5.74) is 0. The third-order valence-corrected chi connectivity index (χ3v) is 3.44. The second-order valence-electron chi connectivity index (χ2n) is 5.48. The van der Waals surface area contributed by atoms with Gasteiger partial charge in [0.05, 0.1) is 18.8 Å². The van der Waals surface area contributed by atoms with Gasteiger partial charge in [-0.25, -0.2) is 0 Å². The molecule has 1 heterocycles. The van der Waals surface area contributed by atoms with Crippen molar-refractivity contribution in [2.75, 3.05) is 39.5 Å². The Morgan fingerprint density at radius 3 is 2.84 bits per heavy atom. The predicted molar refractivity (Wildman–Crippen MR) is 77.4 cm³/mol. The molecule has 0 aromatic rings. The Morgan fingerprint density at radius 2 is 2.11 bits per heavy atom. The molecule has 19 heavy (non-hydrogen) atoms. The Kier molecular flexibility index (Phi) is 9.43. The van der Waals surface area contributed by atoms with Crippen molar-refractivity contribution in [2.45, 2.75) is 58.2 Å². The lowest BCUT2D eigenvalue weighted by molar-refractivity contribution is -0.0267. The molecular weight excluding hydrogens is 242 g/mol. The molecule has 2 unspecified atom stereocenters. The fourth-order valence-electron chi connectivity index (χ4n) is 2.42. The molecule has 2 atom stereocenters. The zero-order valence-electron chi connectivity index (χ0n) is 12.6. The van der Waals surface area contributed by atoms with E-state index in [4.69, 9.17) is 9.47 Å². The first kappa shape index (κ1) is 16.9. The van der Waals surface area contributed by atoms with Crippen molar-refractivity contribution in [1.29, 1.82) is 0 Å². The molecule has 1 aliphatic heterocycles. The quantitative estimate of drug-likeness (QED) is 0.619. The maximum Gasteiger partial charge on any atom is 0.0900 e. The number of aliphatic hydroxyl groups is 1. The first-order chi connectivity index (χ1) is 9.26. The number of unbranched alkanes of at least 4 members (excludes halogenated alkanes) is 1. The summed E-state index contributed by atoms with van der Waals surface area (Å²) in [4.78, 5) is 2.30. The van der Waals surface area contributed by atoms with E-state index in [9.17, 15) is 5.11 Å². The number of nitrogens with zero attached hydrogens (tertiary/aromatic N) is 1.